The molecular formula is C45H39ClF10N8O10S2. The Kier molecular flexibility index (Phi) is 14.9. The van der Waals surface area contributed by atoms with Gasteiger partial charge in [-0.3, -0.25) is 33.4 Å². The molecular weight excluding hydrogens is 1100 g/mol. The monoisotopic (exact) mass is 1140 g/mol. The van der Waals surface area contributed by atoms with Gasteiger partial charge in [0.15, 0.2) is 21.3 Å². The molecule has 0 saturated heterocycles. The number of aliphatic carboxylic acids is 2. The number of carboxylic acids is 2. The third kappa shape index (κ3) is 11.9. The first kappa shape index (κ1) is 56.9. The van der Waals surface area contributed by atoms with Gasteiger partial charge in [-0.25, -0.2) is 30.6 Å². The molecule has 0 unspecified atom stereocenters. The molecule has 0 bridgehead atoms. The maximum atomic E-state index is 15.6. The molecule has 3 heterocycles. The van der Waals surface area contributed by atoms with E-state index < -0.39 is 191 Å². The summed E-state index contributed by atoms with van der Waals surface area (Å²) in [4.78, 5) is 56.2. The minimum atomic E-state index is -5.26. The predicted octanol–water partition coefficient (Wildman–Crippen LogP) is 6.06. The number of alkyl halides is 8. The highest BCUT2D eigenvalue weighted by Gasteiger charge is 2.68. The Morgan fingerprint density at radius 3 is 2.05 bits per heavy atom. The molecule has 76 heavy (non-hydrogen) atoms. The number of anilines is 1. The van der Waals surface area contributed by atoms with Crippen molar-refractivity contribution in [3.8, 4) is 23.0 Å². The molecule has 408 valence electrons. The van der Waals surface area contributed by atoms with Crippen molar-refractivity contribution < 1.29 is 90.1 Å². The second-order valence-corrected chi connectivity index (χ2v) is 23.2. The Morgan fingerprint density at radius 1 is 0.895 bits per heavy atom. The summed E-state index contributed by atoms with van der Waals surface area (Å²) in [5.74, 6) is -11.5. The van der Waals surface area contributed by atoms with E-state index in [4.69, 9.17) is 11.6 Å². The molecule has 3 atom stereocenters. The average Bonchev–Trinajstić information content (AvgIpc) is 3.76. The van der Waals surface area contributed by atoms with Crippen LogP contribution in [-0.2, 0) is 70.6 Å². The molecule has 3 aromatic heterocycles. The third-order valence-electron chi connectivity index (χ3n) is 12.1. The molecule has 2 aliphatic rings. The van der Waals surface area contributed by atoms with Crippen LogP contribution in [0.2, 0.25) is 5.02 Å². The van der Waals surface area contributed by atoms with Crippen LogP contribution < -0.4 is 9.62 Å². The highest BCUT2D eigenvalue weighted by atomic mass is 35.5. The van der Waals surface area contributed by atoms with Gasteiger partial charge in [0, 0.05) is 34.9 Å². The Labute approximate surface area is 428 Å². The molecule has 0 spiro atoms. The number of carbonyl (C=O) groups is 4. The zero-order valence-corrected chi connectivity index (χ0v) is 41.9. The Hall–Kier alpha value is -6.84. The SMILES string of the molecule is CC(C)(C#Cc1ccc(-c2ccc(Cl)c3c(N(C(=O)CN(CC(=O)O)CC(=O)O)S(C)(=O)=O)nn(CC(F)(F)F)c23)c([C@H](Cc2cc(F)cc(F)c2)NC(=O)Cn2nc(C(F)(F)F)c3c2C(F)(F)[C@@H]2C[C@H]32)n1)S(C)(=O)=O. The molecule has 2 aliphatic carbocycles. The number of amides is 2. The summed E-state index contributed by atoms with van der Waals surface area (Å²) in [5, 5.41) is 27.0. The zero-order valence-electron chi connectivity index (χ0n) is 39.5. The number of carbonyl (C=O) groups excluding carboxylic acids is 2. The van der Waals surface area contributed by atoms with Crippen molar-refractivity contribution in [2.24, 2.45) is 5.92 Å². The summed E-state index contributed by atoms with van der Waals surface area (Å²) in [5.41, 5.74) is -6.52. The van der Waals surface area contributed by atoms with E-state index in [9.17, 15) is 81.4 Å². The van der Waals surface area contributed by atoms with Crippen molar-refractivity contribution in [2.75, 3.05) is 36.5 Å². The van der Waals surface area contributed by atoms with Crippen molar-refractivity contribution in [1.82, 2.24) is 34.8 Å². The normalized spacial score (nSPS) is 16.7. The maximum Gasteiger partial charge on any atom is 0.435 e. The van der Waals surface area contributed by atoms with E-state index in [0.717, 1.165) is 42.7 Å². The van der Waals surface area contributed by atoms with Crippen LogP contribution in [0.25, 0.3) is 22.0 Å². The standard InChI is InChI=1S/C45H39ClF10N8O10S2/c1-42(2,75(3,71)72)10-9-24-5-6-25(26-7-8-29(46)36-38(26)63(20-43(49,50)51)60-41(36)64(76(4,73)74)32(66)17-61(18-33(67)68)19-34(69)70)37(57-24)30(13-21-11-22(47)14-23(48)12-21)58-31(65)16-62-40-35(39(59-62)45(54,55)56)27-15-28(27)44(40,52)53/h5-8,11-12,14,27-28,30H,13,15-20H2,1-4H3,(H,58,65)(H,67,68)(H,69,70)/t27-,28+,30-/m0/s1. The van der Waals surface area contributed by atoms with Crippen LogP contribution >= 0.6 is 11.6 Å². The maximum absolute atomic E-state index is 15.6. The number of hydrogen-bond donors (Lipinski definition) is 3. The number of nitrogens with zero attached hydrogens (tertiary/aromatic N) is 7. The largest absolute Gasteiger partial charge is 0.480 e. The van der Waals surface area contributed by atoms with Gasteiger partial charge in [0.2, 0.25) is 15.9 Å². The second kappa shape index (κ2) is 19.9. The molecule has 5 aromatic rings. The number of benzene rings is 2. The number of hydrogen-bond acceptors (Lipinski definition) is 12. The molecule has 0 aliphatic heterocycles. The number of aromatic nitrogens is 5. The van der Waals surface area contributed by atoms with Gasteiger partial charge >= 0.3 is 24.3 Å². The average molecular weight is 1140 g/mol. The zero-order chi connectivity index (χ0) is 56.6. The fraction of sp³-hybridized carbons (Fsp3) is 0.400. The third-order valence-corrected chi connectivity index (χ3v) is 15.4. The number of sulfone groups is 1. The van der Waals surface area contributed by atoms with E-state index in [-0.39, 0.29) is 31.3 Å². The van der Waals surface area contributed by atoms with E-state index in [0.29, 0.717) is 17.2 Å². The molecule has 31 heteroatoms. The van der Waals surface area contributed by atoms with Crippen LogP contribution in [0, 0.1) is 29.4 Å². The van der Waals surface area contributed by atoms with Gasteiger partial charge in [-0.2, -0.15) is 49.6 Å². The summed E-state index contributed by atoms with van der Waals surface area (Å²) >= 11 is 6.61. The lowest BCUT2D eigenvalue weighted by Crippen LogP contribution is -2.46. The van der Waals surface area contributed by atoms with Gasteiger partial charge < -0.3 is 15.5 Å². The number of pyridine rings is 1. The van der Waals surface area contributed by atoms with E-state index in [2.05, 4.69) is 32.3 Å². The predicted molar refractivity (Wildman–Crippen MR) is 247 cm³/mol. The van der Waals surface area contributed by atoms with Gasteiger partial charge in [0.05, 0.1) is 53.6 Å². The van der Waals surface area contributed by atoms with Gasteiger partial charge in [0.1, 0.15) is 40.9 Å². The molecule has 0 radical (unpaired) electrons. The Morgan fingerprint density at radius 2 is 1.50 bits per heavy atom. The first-order valence-electron chi connectivity index (χ1n) is 21.9. The molecule has 3 N–H and O–H groups in total. The number of nitrogens with one attached hydrogen (secondary N) is 1. The van der Waals surface area contributed by atoms with Crippen LogP contribution in [0.3, 0.4) is 0 Å². The van der Waals surface area contributed by atoms with Crippen LogP contribution in [-0.4, -0.2) is 123 Å². The number of halogens is 11. The van der Waals surface area contributed by atoms with Crippen molar-refractivity contribution in [2.45, 2.75) is 74.8 Å². The summed E-state index contributed by atoms with van der Waals surface area (Å²) in [7, 11) is -9.00. The summed E-state index contributed by atoms with van der Waals surface area (Å²) in [6, 6.07) is 4.26. The number of rotatable bonds is 17. The second-order valence-electron chi connectivity index (χ2n) is 18.4. The smallest absolute Gasteiger partial charge is 0.435 e. The van der Waals surface area contributed by atoms with Gasteiger partial charge in [-0.15, -0.1) is 0 Å². The van der Waals surface area contributed by atoms with Crippen LogP contribution in [0.15, 0.2) is 42.5 Å². The van der Waals surface area contributed by atoms with Gasteiger partial charge in [-0.1, -0.05) is 23.6 Å². The van der Waals surface area contributed by atoms with Crippen molar-refractivity contribution in [3.05, 3.63) is 93.0 Å². The van der Waals surface area contributed by atoms with Crippen LogP contribution in [0.1, 0.15) is 66.1 Å². The van der Waals surface area contributed by atoms with Crippen molar-refractivity contribution >= 4 is 71.9 Å². The summed E-state index contributed by atoms with van der Waals surface area (Å²) in [6.07, 6.45) is -10.3. The van der Waals surface area contributed by atoms with E-state index >= 15 is 8.78 Å². The van der Waals surface area contributed by atoms with E-state index in [1.54, 1.807) is 0 Å². The number of carboxylic acid groups (broad SMARTS) is 2. The highest BCUT2D eigenvalue weighted by molar-refractivity contribution is 7.93. The quantitative estimate of drug-likeness (QED) is 0.0709. The van der Waals surface area contributed by atoms with E-state index in [1.807, 2.05) is 0 Å². The van der Waals surface area contributed by atoms with Crippen molar-refractivity contribution in [3.63, 3.8) is 0 Å². The molecule has 7 rings (SSSR count). The van der Waals surface area contributed by atoms with Crippen LogP contribution in [0.4, 0.5) is 49.7 Å². The summed E-state index contributed by atoms with van der Waals surface area (Å²) in [6.45, 7) is -4.65. The fourth-order valence-corrected chi connectivity index (χ4v) is 10.0. The number of fused-ring (bicyclic) bond motifs is 4. The molecule has 1 saturated carbocycles. The first-order valence-corrected chi connectivity index (χ1v) is 26.0. The molecule has 18 nitrogen and oxygen atoms in total. The lowest BCUT2D eigenvalue weighted by atomic mass is 9.93. The lowest BCUT2D eigenvalue weighted by molar-refractivity contribution is -0.143. The fourth-order valence-electron chi connectivity index (χ4n) is 8.67. The minimum Gasteiger partial charge on any atom is -0.480 e. The summed E-state index contributed by atoms with van der Waals surface area (Å²) < 4.78 is 198. The van der Waals surface area contributed by atoms with E-state index in [1.165, 1.54) is 13.8 Å². The minimum absolute atomic E-state index is 0.145. The molecule has 2 amide bonds. The first-order chi connectivity index (χ1) is 34.9. The van der Waals surface area contributed by atoms with Crippen LogP contribution in [0.5, 0.6) is 0 Å². The van der Waals surface area contributed by atoms with Crippen molar-refractivity contribution in [1.29, 1.82) is 0 Å². The van der Waals surface area contributed by atoms with Gasteiger partial charge in [-0.05, 0) is 74.4 Å². The molecule has 1 fully saturated rings. The Balaban J connectivity index is 1.48. The molecule has 2 aromatic carbocycles. The lowest BCUT2D eigenvalue weighted by Gasteiger charge is -2.24. The number of sulfonamides is 1. The Bertz CT molecular complexity index is 3500. The van der Waals surface area contributed by atoms with Gasteiger partial charge in [0.25, 0.3) is 11.8 Å². The topological polar surface area (TPSA) is 244 Å². The highest BCUT2D eigenvalue weighted by Crippen LogP contribution is 2.68.